The fourth-order valence-electron chi connectivity index (χ4n) is 0.877. The molecule has 1 nitrogen and oxygen atoms in total. The minimum absolute atomic E-state index is 0.0289. The van der Waals surface area contributed by atoms with Gasteiger partial charge in [0.25, 0.3) is 0 Å². The van der Waals surface area contributed by atoms with Crippen molar-refractivity contribution >= 4 is 21.7 Å². The van der Waals surface area contributed by atoms with Crippen molar-refractivity contribution in [2.24, 2.45) is 0 Å². The predicted octanol–water partition coefficient (Wildman–Crippen LogP) is 2.71. The van der Waals surface area contributed by atoms with Gasteiger partial charge in [-0.3, -0.25) is 4.79 Å². The van der Waals surface area contributed by atoms with Gasteiger partial charge in [0.1, 0.15) is 0 Å². The molecule has 0 heterocycles. The predicted molar refractivity (Wildman–Crippen MR) is 53.2 cm³/mol. The average molecular weight is 225 g/mol. The molecule has 1 aromatic carbocycles. The lowest BCUT2D eigenvalue weighted by atomic mass is 10.1. The quantitative estimate of drug-likeness (QED) is 0.723. The molecular weight excluding hydrogens is 216 g/mol. The Hall–Kier alpha value is -0.890. The highest BCUT2D eigenvalue weighted by Crippen LogP contribution is 2.08. The van der Waals surface area contributed by atoms with E-state index >= 15 is 0 Å². The van der Waals surface area contributed by atoms with Crippen molar-refractivity contribution < 1.29 is 4.79 Å². The van der Waals surface area contributed by atoms with Crippen LogP contribution < -0.4 is 0 Å². The van der Waals surface area contributed by atoms with Crippen LogP contribution in [0.2, 0.25) is 0 Å². The molecule has 0 aliphatic carbocycles. The zero-order valence-corrected chi connectivity index (χ0v) is 8.17. The first-order chi connectivity index (χ1) is 5.70. The van der Waals surface area contributed by atoms with E-state index < -0.39 is 0 Å². The van der Waals surface area contributed by atoms with E-state index in [1.165, 1.54) is 0 Å². The van der Waals surface area contributed by atoms with Crippen molar-refractivity contribution in [2.75, 3.05) is 0 Å². The van der Waals surface area contributed by atoms with Gasteiger partial charge in [-0.15, -0.1) is 0 Å². The second-order valence-corrected chi connectivity index (χ2v) is 3.45. The number of rotatable bonds is 3. The summed E-state index contributed by atoms with van der Waals surface area (Å²) in [7, 11) is 0. The van der Waals surface area contributed by atoms with Crippen molar-refractivity contribution in [2.45, 2.75) is 6.42 Å². The minimum atomic E-state index is 0.0289. The van der Waals surface area contributed by atoms with Gasteiger partial charge in [-0.25, -0.2) is 0 Å². The number of carbonyl (C=O) groups excluding carboxylic acids is 1. The summed E-state index contributed by atoms with van der Waals surface area (Å²) in [4.78, 5) is 11.2. The molecule has 0 aliphatic heterocycles. The summed E-state index contributed by atoms with van der Waals surface area (Å²) >= 11 is 3.05. The number of hydrogen-bond donors (Lipinski definition) is 0. The maximum atomic E-state index is 11.2. The van der Waals surface area contributed by atoms with Crippen LogP contribution >= 0.6 is 15.9 Å². The Kier molecular flexibility index (Phi) is 3.23. The van der Waals surface area contributed by atoms with Crippen LogP contribution in [-0.4, -0.2) is 5.78 Å². The van der Waals surface area contributed by atoms with Crippen molar-refractivity contribution in [3.63, 3.8) is 0 Å². The molecule has 2 heteroatoms. The Bertz CT molecular complexity index is 290. The number of carbonyl (C=O) groups is 1. The highest BCUT2D eigenvalue weighted by molar-refractivity contribution is 9.12. The van der Waals surface area contributed by atoms with Gasteiger partial charge in [0.05, 0.1) is 4.48 Å². The van der Waals surface area contributed by atoms with E-state index in [4.69, 9.17) is 0 Å². The molecule has 0 amide bonds. The molecule has 1 rings (SSSR count). The molecule has 0 aromatic heterocycles. The van der Waals surface area contributed by atoms with Crippen LogP contribution in [0.15, 0.2) is 41.4 Å². The fraction of sp³-hybridized carbons (Fsp3) is 0.100. The van der Waals surface area contributed by atoms with Gasteiger partial charge in [0.15, 0.2) is 5.78 Å². The Balaban J connectivity index is 2.65. The molecule has 62 valence electrons. The highest BCUT2D eigenvalue weighted by Gasteiger charge is 2.03. The van der Waals surface area contributed by atoms with E-state index in [9.17, 15) is 4.79 Å². The first-order valence-electron chi connectivity index (χ1n) is 3.61. The second-order valence-electron chi connectivity index (χ2n) is 2.49. The Morgan fingerprint density at radius 1 is 1.33 bits per heavy atom. The first-order valence-corrected chi connectivity index (χ1v) is 4.41. The maximum Gasteiger partial charge on any atom is 0.173 e. The third kappa shape index (κ3) is 2.62. The molecule has 0 radical (unpaired) electrons. The van der Waals surface area contributed by atoms with Crippen molar-refractivity contribution in [3.05, 3.63) is 47.0 Å². The molecule has 1 aromatic rings. The Labute approximate surface area is 80.2 Å². The molecule has 12 heavy (non-hydrogen) atoms. The van der Waals surface area contributed by atoms with Gasteiger partial charge in [-0.1, -0.05) is 36.9 Å². The van der Waals surface area contributed by atoms with Crippen LogP contribution in [0.5, 0.6) is 0 Å². The van der Waals surface area contributed by atoms with Gasteiger partial charge < -0.3 is 0 Å². The van der Waals surface area contributed by atoms with Crippen LogP contribution in [-0.2, 0) is 11.2 Å². The average Bonchev–Trinajstić information content (AvgIpc) is 2.06. The van der Waals surface area contributed by atoms with Crippen LogP contribution in [0.1, 0.15) is 5.56 Å². The summed E-state index contributed by atoms with van der Waals surface area (Å²) in [5.41, 5.74) is 1.02. The number of ketones is 1. The van der Waals surface area contributed by atoms with Crippen molar-refractivity contribution in [1.29, 1.82) is 0 Å². The van der Waals surface area contributed by atoms with Crippen LogP contribution in [0.25, 0.3) is 0 Å². The largest absolute Gasteiger partial charge is 0.293 e. The summed E-state index contributed by atoms with van der Waals surface area (Å²) < 4.78 is 0.436. The maximum absolute atomic E-state index is 11.2. The van der Waals surface area contributed by atoms with Gasteiger partial charge in [-0.05, 0) is 21.5 Å². The lowest BCUT2D eigenvalue weighted by molar-refractivity contribution is -0.114. The Morgan fingerprint density at radius 3 is 2.42 bits per heavy atom. The molecule has 0 spiro atoms. The smallest absolute Gasteiger partial charge is 0.173 e. The molecule has 0 atom stereocenters. The summed E-state index contributed by atoms with van der Waals surface area (Å²) in [5, 5.41) is 0. The van der Waals surface area contributed by atoms with Crippen molar-refractivity contribution in [1.82, 2.24) is 0 Å². The van der Waals surface area contributed by atoms with E-state index in [2.05, 4.69) is 22.5 Å². The number of hydrogen-bond acceptors (Lipinski definition) is 1. The lowest BCUT2D eigenvalue weighted by Gasteiger charge is -1.97. The van der Waals surface area contributed by atoms with Crippen LogP contribution in [0, 0.1) is 0 Å². The van der Waals surface area contributed by atoms with E-state index in [1.807, 2.05) is 30.3 Å². The summed E-state index contributed by atoms with van der Waals surface area (Å²) in [6.07, 6.45) is 0.422. The SMILES string of the molecule is C=C(Br)C(=O)Cc1ccccc1. The number of allylic oxidation sites excluding steroid dienone is 1. The monoisotopic (exact) mass is 224 g/mol. The lowest BCUT2D eigenvalue weighted by Crippen LogP contribution is -2.00. The fourth-order valence-corrected chi connectivity index (χ4v) is 1.02. The Morgan fingerprint density at radius 2 is 1.92 bits per heavy atom. The topological polar surface area (TPSA) is 17.1 Å². The molecule has 0 saturated carbocycles. The molecule has 0 N–H and O–H groups in total. The minimum Gasteiger partial charge on any atom is -0.293 e. The van der Waals surface area contributed by atoms with Gasteiger partial charge >= 0.3 is 0 Å². The number of Topliss-reactive ketones (excluding diaryl/α,β-unsaturated/α-hetero) is 1. The van der Waals surface area contributed by atoms with E-state index in [-0.39, 0.29) is 5.78 Å². The number of benzene rings is 1. The van der Waals surface area contributed by atoms with E-state index in [0.29, 0.717) is 10.9 Å². The molecule has 0 aliphatic rings. The normalized spacial score (nSPS) is 9.42. The number of halogens is 1. The molecule has 0 bridgehead atoms. The third-order valence-electron chi connectivity index (χ3n) is 1.51. The van der Waals surface area contributed by atoms with E-state index in [0.717, 1.165) is 5.56 Å². The highest BCUT2D eigenvalue weighted by atomic mass is 79.9. The second kappa shape index (κ2) is 4.21. The third-order valence-corrected chi connectivity index (χ3v) is 1.95. The molecule has 0 unspecified atom stereocenters. The zero-order chi connectivity index (χ0) is 8.97. The molecule has 0 saturated heterocycles. The molecule has 0 fully saturated rings. The summed E-state index contributed by atoms with van der Waals surface area (Å²) in [6.45, 7) is 3.52. The van der Waals surface area contributed by atoms with Crippen molar-refractivity contribution in [3.8, 4) is 0 Å². The standard InChI is InChI=1S/C10H9BrO/c1-8(11)10(12)7-9-5-3-2-4-6-9/h2-6H,1,7H2. The van der Waals surface area contributed by atoms with Gasteiger partial charge in [0.2, 0.25) is 0 Å². The van der Waals surface area contributed by atoms with E-state index in [1.54, 1.807) is 0 Å². The van der Waals surface area contributed by atoms with Gasteiger partial charge in [0, 0.05) is 6.42 Å². The summed E-state index contributed by atoms with van der Waals surface area (Å²) in [5.74, 6) is 0.0289. The first kappa shape index (κ1) is 9.20. The van der Waals surface area contributed by atoms with Crippen LogP contribution in [0.3, 0.4) is 0 Å². The van der Waals surface area contributed by atoms with Crippen LogP contribution in [0.4, 0.5) is 0 Å². The molecular formula is C10H9BrO. The zero-order valence-electron chi connectivity index (χ0n) is 6.59. The van der Waals surface area contributed by atoms with Gasteiger partial charge in [-0.2, -0.15) is 0 Å². The summed E-state index contributed by atoms with van der Waals surface area (Å²) in [6, 6.07) is 9.61.